The minimum atomic E-state index is 0.266. The summed E-state index contributed by atoms with van der Waals surface area (Å²) >= 11 is 1.64. The SMILES string of the molecule is Cc1oc(-c2cccs2)nc1CN[C@@H]1CCCc2c1cnn2-c1ccccn1. The van der Waals surface area contributed by atoms with E-state index >= 15 is 0 Å². The van der Waals surface area contributed by atoms with E-state index in [-0.39, 0.29) is 6.04 Å². The van der Waals surface area contributed by atoms with Crippen LogP contribution in [0.15, 0.2) is 52.5 Å². The summed E-state index contributed by atoms with van der Waals surface area (Å²) in [5, 5.41) is 10.3. The zero-order valence-electron chi connectivity index (χ0n) is 15.6. The Labute approximate surface area is 167 Å². The second kappa shape index (κ2) is 7.33. The van der Waals surface area contributed by atoms with Crippen LogP contribution in [0.25, 0.3) is 16.6 Å². The van der Waals surface area contributed by atoms with E-state index in [2.05, 4.69) is 15.4 Å². The van der Waals surface area contributed by atoms with Gasteiger partial charge >= 0.3 is 0 Å². The first-order valence-electron chi connectivity index (χ1n) is 9.51. The minimum absolute atomic E-state index is 0.266. The van der Waals surface area contributed by atoms with Gasteiger partial charge in [0.15, 0.2) is 5.82 Å². The predicted octanol–water partition coefficient (Wildman–Crippen LogP) is 4.46. The van der Waals surface area contributed by atoms with E-state index in [9.17, 15) is 0 Å². The highest BCUT2D eigenvalue weighted by atomic mass is 32.1. The first-order chi connectivity index (χ1) is 13.8. The Kier molecular flexibility index (Phi) is 4.54. The first kappa shape index (κ1) is 17.3. The quantitative estimate of drug-likeness (QED) is 0.544. The fraction of sp³-hybridized carbons (Fsp3) is 0.286. The monoisotopic (exact) mass is 391 g/mol. The van der Waals surface area contributed by atoms with Gasteiger partial charge in [-0.2, -0.15) is 5.10 Å². The van der Waals surface area contributed by atoms with Crippen molar-refractivity contribution < 1.29 is 4.42 Å². The number of aryl methyl sites for hydroxylation is 1. The highest BCUT2D eigenvalue weighted by Gasteiger charge is 2.25. The number of rotatable bonds is 5. The van der Waals surface area contributed by atoms with E-state index in [0.717, 1.165) is 41.4 Å². The second-order valence-electron chi connectivity index (χ2n) is 6.97. The number of hydrogen-bond donors (Lipinski definition) is 1. The van der Waals surface area contributed by atoms with E-state index < -0.39 is 0 Å². The van der Waals surface area contributed by atoms with Gasteiger partial charge in [-0.15, -0.1) is 11.3 Å². The van der Waals surface area contributed by atoms with Gasteiger partial charge in [-0.05, 0) is 49.8 Å². The van der Waals surface area contributed by atoms with Gasteiger partial charge < -0.3 is 9.73 Å². The van der Waals surface area contributed by atoms with Crippen molar-refractivity contribution in [2.45, 2.75) is 38.8 Å². The molecule has 0 saturated carbocycles. The third kappa shape index (κ3) is 3.16. The fourth-order valence-corrected chi connectivity index (χ4v) is 4.41. The molecule has 0 amide bonds. The van der Waals surface area contributed by atoms with Crippen LogP contribution in [0, 0.1) is 6.92 Å². The summed E-state index contributed by atoms with van der Waals surface area (Å²) in [5.74, 6) is 2.45. The lowest BCUT2D eigenvalue weighted by atomic mass is 9.93. The van der Waals surface area contributed by atoms with Gasteiger partial charge in [0.2, 0.25) is 5.89 Å². The van der Waals surface area contributed by atoms with Crippen molar-refractivity contribution in [2.75, 3.05) is 0 Å². The average molecular weight is 392 g/mol. The van der Waals surface area contributed by atoms with Crippen LogP contribution in [0.3, 0.4) is 0 Å². The van der Waals surface area contributed by atoms with Crippen LogP contribution in [0.4, 0.5) is 0 Å². The molecule has 0 spiro atoms. The van der Waals surface area contributed by atoms with E-state index in [1.807, 2.05) is 53.5 Å². The Bertz CT molecular complexity index is 1070. The molecule has 1 atom stereocenters. The lowest BCUT2D eigenvalue weighted by Gasteiger charge is -2.24. The van der Waals surface area contributed by atoms with Crippen LogP contribution >= 0.6 is 11.3 Å². The van der Waals surface area contributed by atoms with Crippen LogP contribution in [-0.4, -0.2) is 19.7 Å². The molecule has 0 fully saturated rings. The Morgan fingerprint density at radius 1 is 1.29 bits per heavy atom. The van der Waals surface area contributed by atoms with Crippen molar-refractivity contribution in [3.63, 3.8) is 0 Å². The maximum absolute atomic E-state index is 5.86. The number of pyridine rings is 1. The Hall–Kier alpha value is -2.77. The van der Waals surface area contributed by atoms with E-state index in [0.29, 0.717) is 12.4 Å². The lowest BCUT2D eigenvalue weighted by Crippen LogP contribution is -2.25. The van der Waals surface area contributed by atoms with Crippen LogP contribution < -0.4 is 5.32 Å². The van der Waals surface area contributed by atoms with Crippen LogP contribution in [-0.2, 0) is 13.0 Å². The molecule has 0 unspecified atom stereocenters. The van der Waals surface area contributed by atoms with Gasteiger partial charge in [0.05, 0.1) is 22.5 Å². The van der Waals surface area contributed by atoms with Crippen molar-refractivity contribution in [1.82, 2.24) is 25.1 Å². The normalized spacial score (nSPS) is 16.2. The number of nitrogens with zero attached hydrogens (tertiary/aromatic N) is 4. The highest BCUT2D eigenvalue weighted by molar-refractivity contribution is 7.13. The smallest absolute Gasteiger partial charge is 0.236 e. The molecule has 0 aliphatic heterocycles. The first-order valence-corrected chi connectivity index (χ1v) is 10.4. The number of aromatic nitrogens is 4. The number of fused-ring (bicyclic) bond motifs is 1. The van der Waals surface area contributed by atoms with Crippen molar-refractivity contribution in [2.24, 2.45) is 0 Å². The summed E-state index contributed by atoms with van der Waals surface area (Å²) in [6.07, 6.45) is 7.03. The van der Waals surface area contributed by atoms with Gasteiger partial charge in [-0.1, -0.05) is 12.1 Å². The Morgan fingerprint density at radius 3 is 3.07 bits per heavy atom. The van der Waals surface area contributed by atoms with Crippen LogP contribution in [0.2, 0.25) is 0 Å². The molecule has 28 heavy (non-hydrogen) atoms. The summed E-state index contributed by atoms with van der Waals surface area (Å²) in [6.45, 7) is 2.66. The third-order valence-corrected chi connectivity index (χ3v) is 6.05. The molecule has 0 bridgehead atoms. The summed E-state index contributed by atoms with van der Waals surface area (Å²) in [5.41, 5.74) is 3.47. The standard InChI is InChI=1S/C21H21N5OS/c1-14-17(25-21(27-14)19-8-5-11-28-19)13-23-16-6-4-7-18-15(16)12-24-26(18)20-9-2-3-10-22-20/h2-3,5,8-12,16,23H,4,6-7,13H2,1H3/t16-/m1/s1. The second-order valence-corrected chi connectivity index (χ2v) is 7.92. The molecule has 0 radical (unpaired) electrons. The van der Waals surface area contributed by atoms with E-state index in [4.69, 9.17) is 9.40 Å². The molecule has 1 aliphatic rings. The van der Waals surface area contributed by atoms with Gasteiger partial charge in [0.25, 0.3) is 0 Å². The topological polar surface area (TPSA) is 68.8 Å². The molecule has 0 saturated heterocycles. The Balaban J connectivity index is 1.35. The summed E-state index contributed by atoms with van der Waals surface area (Å²) < 4.78 is 7.84. The number of hydrogen-bond acceptors (Lipinski definition) is 6. The van der Waals surface area contributed by atoms with Crippen molar-refractivity contribution in [3.8, 4) is 16.6 Å². The minimum Gasteiger partial charge on any atom is -0.440 e. The lowest BCUT2D eigenvalue weighted by molar-refractivity contribution is 0.449. The number of nitrogens with one attached hydrogen (secondary N) is 1. The third-order valence-electron chi connectivity index (χ3n) is 5.19. The molecular formula is C21H21N5OS. The van der Waals surface area contributed by atoms with E-state index in [1.165, 1.54) is 11.3 Å². The summed E-state index contributed by atoms with van der Waals surface area (Å²) in [4.78, 5) is 10.2. The molecule has 4 heterocycles. The van der Waals surface area contributed by atoms with Gasteiger partial charge in [-0.3, -0.25) is 0 Å². The number of thiophene rings is 1. The molecule has 5 rings (SSSR count). The van der Waals surface area contributed by atoms with E-state index in [1.54, 1.807) is 17.5 Å². The zero-order valence-corrected chi connectivity index (χ0v) is 16.4. The average Bonchev–Trinajstić information content (AvgIpc) is 3.47. The predicted molar refractivity (Wildman–Crippen MR) is 108 cm³/mol. The zero-order chi connectivity index (χ0) is 18.9. The highest BCUT2D eigenvalue weighted by Crippen LogP contribution is 2.31. The van der Waals surface area contributed by atoms with Crippen LogP contribution in [0.5, 0.6) is 0 Å². The molecule has 1 N–H and O–H groups in total. The Morgan fingerprint density at radius 2 is 2.25 bits per heavy atom. The molecule has 1 aliphatic carbocycles. The molecular weight excluding hydrogens is 370 g/mol. The molecule has 4 aromatic heterocycles. The van der Waals surface area contributed by atoms with Crippen LogP contribution in [0.1, 0.15) is 41.6 Å². The molecule has 0 aromatic carbocycles. The summed E-state index contributed by atoms with van der Waals surface area (Å²) in [7, 11) is 0. The maximum Gasteiger partial charge on any atom is 0.236 e. The van der Waals surface area contributed by atoms with Crippen molar-refractivity contribution in [1.29, 1.82) is 0 Å². The fourth-order valence-electron chi connectivity index (χ4n) is 3.76. The summed E-state index contributed by atoms with van der Waals surface area (Å²) in [6, 6.07) is 10.2. The molecule has 7 heteroatoms. The van der Waals surface area contributed by atoms with Gasteiger partial charge in [0, 0.05) is 24.3 Å². The van der Waals surface area contributed by atoms with Crippen molar-refractivity contribution >= 4 is 11.3 Å². The van der Waals surface area contributed by atoms with Gasteiger partial charge in [-0.25, -0.2) is 14.6 Å². The van der Waals surface area contributed by atoms with Crippen molar-refractivity contribution in [3.05, 3.63) is 70.8 Å². The molecule has 6 nitrogen and oxygen atoms in total. The maximum atomic E-state index is 5.86. The van der Waals surface area contributed by atoms with Gasteiger partial charge in [0.1, 0.15) is 5.76 Å². The largest absolute Gasteiger partial charge is 0.440 e. The molecule has 4 aromatic rings. The number of oxazole rings is 1. The molecule has 142 valence electrons.